The van der Waals surface area contributed by atoms with Crippen molar-refractivity contribution in [1.82, 2.24) is 0 Å². The average molecular weight is 636 g/mol. The van der Waals surface area contributed by atoms with E-state index in [1.165, 1.54) is 6.07 Å². The van der Waals surface area contributed by atoms with E-state index >= 15 is 0 Å². The van der Waals surface area contributed by atoms with Crippen LogP contribution in [-0.4, -0.2) is 42.2 Å². The van der Waals surface area contributed by atoms with Gasteiger partial charge in [-0.25, -0.2) is 13.2 Å². The van der Waals surface area contributed by atoms with Gasteiger partial charge >= 0.3 is 45.4 Å². The molecule has 2 rings (SSSR count). The molecular formula is C26H37NO10S2Ti. The van der Waals surface area contributed by atoms with Crippen molar-refractivity contribution in [3.63, 3.8) is 0 Å². The maximum absolute atomic E-state index is 12.3. The molecule has 0 aliphatic rings. The average Bonchev–Trinajstić information content (AvgIpc) is 2.89. The number of unbranched alkanes of at least 4 members (excludes halogenated alkanes) is 9. The van der Waals surface area contributed by atoms with Crippen molar-refractivity contribution < 1.29 is 59.9 Å². The Kier molecular flexibility index (Phi) is 16.9. The number of sulfone groups is 1. The number of aldehydes is 1. The number of nitrogens with two attached hydrogens (primary N) is 1. The summed E-state index contributed by atoms with van der Waals surface area (Å²) >= 11 is -3.58. The third kappa shape index (κ3) is 14.9. The fourth-order valence-corrected chi connectivity index (χ4v) is 6.39. The zero-order valence-electron chi connectivity index (χ0n) is 22.2. The first-order valence-corrected chi connectivity index (χ1v) is 18.0. The molecule has 0 fully saturated rings. The summed E-state index contributed by atoms with van der Waals surface area (Å²) in [5.74, 6) is -1.28. The SMILES string of the molecule is Nc1ccc(S(=O)(=O)CCCCCCCCCCCCc2ccccc2S(=O)(=O)OC(=O)C=O)cc1.[O]=[Ti]([OH])[OH]. The van der Waals surface area contributed by atoms with Crippen molar-refractivity contribution in [2.24, 2.45) is 0 Å². The number of benzene rings is 2. The first-order valence-electron chi connectivity index (χ1n) is 12.9. The van der Waals surface area contributed by atoms with Crippen LogP contribution in [0.4, 0.5) is 5.69 Å². The molecule has 0 unspecified atom stereocenters. The Morgan fingerprint density at radius 2 is 1.27 bits per heavy atom. The fourth-order valence-electron chi connectivity index (χ4n) is 3.94. The summed E-state index contributed by atoms with van der Waals surface area (Å²) in [5, 5.41) is 0. The van der Waals surface area contributed by atoms with Crippen LogP contribution in [0.2, 0.25) is 0 Å². The summed E-state index contributed by atoms with van der Waals surface area (Å²) in [6.45, 7) is 0. The van der Waals surface area contributed by atoms with Crippen LogP contribution in [0.3, 0.4) is 0 Å². The Bertz CT molecular complexity index is 1290. The Labute approximate surface area is 242 Å². The third-order valence-corrected chi connectivity index (χ3v) is 9.02. The second-order valence-electron chi connectivity index (χ2n) is 9.04. The molecule has 0 aromatic heterocycles. The molecule has 0 bridgehead atoms. The predicted molar refractivity (Wildman–Crippen MR) is 144 cm³/mol. The number of rotatable bonds is 17. The van der Waals surface area contributed by atoms with Gasteiger partial charge in [-0.1, -0.05) is 69.6 Å². The van der Waals surface area contributed by atoms with Gasteiger partial charge in [-0.3, -0.25) is 4.79 Å². The molecule has 222 valence electrons. The van der Waals surface area contributed by atoms with Crippen LogP contribution in [0.5, 0.6) is 0 Å². The molecule has 0 saturated heterocycles. The van der Waals surface area contributed by atoms with Gasteiger partial charge in [0, 0.05) is 5.69 Å². The van der Waals surface area contributed by atoms with Gasteiger partial charge in [0.2, 0.25) is 6.29 Å². The second-order valence-corrected chi connectivity index (χ2v) is 13.5. The van der Waals surface area contributed by atoms with E-state index in [2.05, 4.69) is 4.18 Å². The number of anilines is 1. The van der Waals surface area contributed by atoms with Crippen LogP contribution in [0.25, 0.3) is 0 Å². The van der Waals surface area contributed by atoms with Gasteiger partial charge in [0.05, 0.1) is 10.6 Å². The molecule has 0 atom stereocenters. The summed E-state index contributed by atoms with van der Waals surface area (Å²) in [7, 11) is -7.56. The van der Waals surface area contributed by atoms with Crippen LogP contribution in [-0.2, 0) is 62.1 Å². The molecule has 2 aromatic carbocycles. The van der Waals surface area contributed by atoms with Crippen LogP contribution < -0.4 is 5.73 Å². The van der Waals surface area contributed by atoms with Crippen LogP contribution in [0, 0.1) is 0 Å². The van der Waals surface area contributed by atoms with E-state index in [4.69, 9.17) is 16.4 Å². The van der Waals surface area contributed by atoms with E-state index in [-0.39, 0.29) is 16.9 Å². The monoisotopic (exact) mass is 635 g/mol. The van der Waals surface area contributed by atoms with Gasteiger partial charge in [0.25, 0.3) is 0 Å². The summed E-state index contributed by atoms with van der Waals surface area (Å²) < 4.78 is 76.6. The molecule has 0 aliphatic heterocycles. The normalized spacial score (nSPS) is 11.2. The minimum atomic E-state index is -4.31. The first kappa shape index (κ1) is 35.7. The molecule has 0 amide bonds. The van der Waals surface area contributed by atoms with Crippen molar-refractivity contribution in [3.8, 4) is 0 Å². The molecule has 0 spiro atoms. The van der Waals surface area contributed by atoms with Gasteiger partial charge in [0.15, 0.2) is 9.84 Å². The zero-order valence-corrected chi connectivity index (χ0v) is 25.4. The van der Waals surface area contributed by atoms with Gasteiger partial charge in [-0.05, 0) is 55.2 Å². The van der Waals surface area contributed by atoms with E-state index in [1.807, 2.05) is 0 Å². The quantitative estimate of drug-likeness (QED) is 0.0576. The molecule has 0 aliphatic carbocycles. The Hall–Kier alpha value is -2.29. The summed E-state index contributed by atoms with van der Waals surface area (Å²) in [6, 6.07) is 12.6. The molecule has 40 heavy (non-hydrogen) atoms. The van der Waals surface area contributed by atoms with Gasteiger partial charge in [-0.15, -0.1) is 0 Å². The van der Waals surface area contributed by atoms with Crippen molar-refractivity contribution in [1.29, 1.82) is 0 Å². The maximum atomic E-state index is 12.3. The number of aryl methyl sites for hydroxylation is 1. The van der Waals surface area contributed by atoms with Gasteiger partial charge in [0.1, 0.15) is 4.90 Å². The van der Waals surface area contributed by atoms with Crippen LogP contribution >= 0.6 is 0 Å². The molecule has 11 nitrogen and oxygen atoms in total. The number of carbonyl (C=O) groups is 2. The summed E-state index contributed by atoms with van der Waals surface area (Å²) in [5.41, 5.74) is 6.72. The van der Waals surface area contributed by atoms with E-state index in [1.54, 1.807) is 42.5 Å². The molecule has 0 heterocycles. The van der Waals surface area contributed by atoms with Crippen molar-refractivity contribution in [2.75, 3.05) is 11.5 Å². The Balaban J connectivity index is 0.00000187. The standard InChI is InChI=1S/C26H35NO7S2.2H2O.O.Ti/c27-23-16-18-24(19-17-23)35(30,31)20-12-8-6-4-2-1-3-5-7-9-13-22-14-10-11-15-25(22)36(32,33)34-26(29)21-28;;;;/h10-11,14-19,21H,1-9,12-13,20,27H2;2*1H2;;/q;;;;+2/p-2. The van der Waals surface area contributed by atoms with Crippen molar-refractivity contribution in [2.45, 2.75) is 80.4 Å². The summed E-state index contributed by atoms with van der Waals surface area (Å²) in [4.78, 5) is 21.7. The Morgan fingerprint density at radius 3 is 1.80 bits per heavy atom. The number of nitrogen functional groups attached to an aromatic ring is 1. The number of hydrogen-bond acceptors (Lipinski definition) is 9. The summed E-state index contributed by atoms with van der Waals surface area (Å²) in [6.07, 6.45) is 10.1. The van der Waals surface area contributed by atoms with Crippen molar-refractivity contribution >= 4 is 37.9 Å². The number of hydrogen-bond donors (Lipinski definition) is 3. The van der Waals surface area contributed by atoms with Gasteiger partial charge in [-0.2, -0.15) is 8.42 Å². The fraction of sp³-hybridized carbons (Fsp3) is 0.462. The van der Waals surface area contributed by atoms with Gasteiger partial charge < -0.3 is 9.92 Å². The molecule has 2 aromatic rings. The van der Waals surface area contributed by atoms with Crippen molar-refractivity contribution in [3.05, 3.63) is 54.1 Å². The minimum absolute atomic E-state index is 0.0820. The van der Waals surface area contributed by atoms with Crippen LogP contribution in [0.1, 0.15) is 69.8 Å². The molecule has 4 N–H and O–H groups in total. The topological polar surface area (TPSA) is 195 Å². The predicted octanol–water partition coefficient (Wildman–Crippen LogP) is 3.38. The molecular weight excluding hydrogens is 598 g/mol. The van der Waals surface area contributed by atoms with E-state index in [0.717, 1.165) is 57.8 Å². The van der Waals surface area contributed by atoms with Crippen LogP contribution in [0.15, 0.2) is 58.3 Å². The molecule has 0 saturated carbocycles. The van der Waals surface area contributed by atoms with E-state index in [0.29, 0.717) is 29.0 Å². The van der Waals surface area contributed by atoms with E-state index in [9.17, 15) is 26.4 Å². The number of carbonyl (C=O) groups excluding carboxylic acids is 2. The molecule has 0 radical (unpaired) electrons. The third-order valence-electron chi connectivity index (χ3n) is 5.88. The van der Waals surface area contributed by atoms with E-state index < -0.39 is 44.5 Å². The zero-order chi connectivity index (χ0) is 30.0. The first-order chi connectivity index (χ1) is 18.9. The molecule has 14 heteroatoms. The second kappa shape index (κ2) is 18.9. The Morgan fingerprint density at radius 1 is 0.800 bits per heavy atom.